The van der Waals surface area contributed by atoms with Crippen molar-refractivity contribution < 1.29 is 5.11 Å². The van der Waals surface area contributed by atoms with Crippen molar-refractivity contribution in [2.24, 2.45) is 0 Å². The third kappa shape index (κ3) is 2.74. The Morgan fingerprint density at radius 3 is 2.72 bits per heavy atom. The minimum atomic E-state index is -0.632. The highest BCUT2D eigenvalue weighted by molar-refractivity contribution is 5.72. The minimum Gasteiger partial charge on any atom is -0.396 e. The van der Waals surface area contributed by atoms with Crippen LogP contribution in [0.15, 0.2) is 18.2 Å². The third-order valence-electron chi connectivity index (χ3n) is 3.62. The van der Waals surface area contributed by atoms with Crippen molar-refractivity contribution in [3.05, 3.63) is 23.8 Å². The Hall–Kier alpha value is -1.73. The second-order valence-electron chi connectivity index (χ2n) is 5.02. The fourth-order valence-electron chi connectivity index (χ4n) is 2.46. The number of anilines is 2. The van der Waals surface area contributed by atoms with Crippen molar-refractivity contribution in [1.29, 1.82) is 5.26 Å². The lowest BCUT2D eigenvalue weighted by Gasteiger charge is -2.32. The molecular weight excluding hydrogens is 226 g/mol. The zero-order valence-electron chi connectivity index (χ0n) is 10.4. The molecule has 2 rings (SSSR count). The molecule has 1 aliphatic carbocycles. The monoisotopic (exact) mass is 245 g/mol. The molecule has 0 unspecified atom stereocenters. The molecule has 0 heterocycles. The molecule has 1 aromatic carbocycles. The van der Waals surface area contributed by atoms with E-state index in [2.05, 4.69) is 11.4 Å². The molecule has 0 aromatic heterocycles. The SMILES string of the molecule is N#Cc1cccc(NCC2(O)CCCCC2)c1N. The number of nitrogen functional groups attached to an aromatic ring is 1. The van der Waals surface area contributed by atoms with Gasteiger partial charge >= 0.3 is 0 Å². The second-order valence-corrected chi connectivity index (χ2v) is 5.02. The van der Waals surface area contributed by atoms with Crippen LogP contribution in [-0.2, 0) is 0 Å². The molecule has 0 spiro atoms. The van der Waals surface area contributed by atoms with Crippen LogP contribution in [0.3, 0.4) is 0 Å². The molecule has 1 saturated carbocycles. The summed E-state index contributed by atoms with van der Waals surface area (Å²) in [5, 5.41) is 22.5. The van der Waals surface area contributed by atoms with E-state index in [9.17, 15) is 5.11 Å². The number of nitrogens with two attached hydrogens (primary N) is 1. The largest absolute Gasteiger partial charge is 0.396 e. The summed E-state index contributed by atoms with van der Waals surface area (Å²) in [5.74, 6) is 0. The predicted molar refractivity (Wildman–Crippen MR) is 72.1 cm³/mol. The highest BCUT2D eigenvalue weighted by atomic mass is 16.3. The van der Waals surface area contributed by atoms with Crippen LogP contribution in [-0.4, -0.2) is 17.3 Å². The van der Waals surface area contributed by atoms with Crippen molar-refractivity contribution >= 4 is 11.4 Å². The number of benzene rings is 1. The van der Waals surface area contributed by atoms with Gasteiger partial charge in [-0.3, -0.25) is 0 Å². The molecule has 0 bridgehead atoms. The zero-order valence-corrected chi connectivity index (χ0v) is 10.4. The molecular formula is C14H19N3O. The summed E-state index contributed by atoms with van der Waals surface area (Å²) in [6, 6.07) is 7.38. The van der Waals surface area contributed by atoms with Crippen molar-refractivity contribution in [2.75, 3.05) is 17.6 Å². The molecule has 0 saturated heterocycles. The Bertz CT molecular complexity index is 459. The van der Waals surface area contributed by atoms with Gasteiger partial charge in [0.15, 0.2) is 0 Å². The lowest BCUT2D eigenvalue weighted by molar-refractivity contribution is 0.0167. The van der Waals surface area contributed by atoms with E-state index in [0.29, 0.717) is 17.8 Å². The maximum absolute atomic E-state index is 10.4. The summed E-state index contributed by atoms with van der Waals surface area (Å²) in [5.41, 5.74) is 6.91. The summed E-state index contributed by atoms with van der Waals surface area (Å²) >= 11 is 0. The van der Waals surface area contributed by atoms with E-state index < -0.39 is 5.60 Å². The quantitative estimate of drug-likeness (QED) is 0.713. The molecule has 0 radical (unpaired) electrons. The Balaban J connectivity index is 2.04. The number of aliphatic hydroxyl groups is 1. The highest BCUT2D eigenvalue weighted by Crippen LogP contribution is 2.29. The molecule has 96 valence electrons. The first-order valence-corrected chi connectivity index (χ1v) is 6.39. The molecule has 0 aliphatic heterocycles. The van der Waals surface area contributed by atoms with Gasteiger partial charge in [-0.25, -0.2) is 0 Å². The van der Waals surface area contributed by atoms with Gasteiger partial charge in [-0.15, -0.1) is 0 Å². The van der Waals surface area contributed by atoms with Crippen LogP contribution in [0.1, 0.15) is 37.7 Å². The molecule has 18 heavy (non-hydrogen) atoms. The van der Waals surface area contributed by atoms with E-state index in [1.165, 1.54) is 6.42 Å². The van der Waals surface area contributed by atoms with Gasteiger partial charge in [0.25, 0.3) is 0 Å². The van der Waals surface area contributed by atoms with E-state index in [0.717, 1.165) is 31.4 Å². The van der Waals surface area contributed by atoms with Gasteiger partial charge in [-0.05, 0) is 25.0 Å². The molecule has 0 amide bonds. The van der Waals surface area contributed by atoms with E-state index >= 15 is 0 Å². The maximum Gasteiger partial charge on any atom is 0.101 e. The van der Waals surface area contributed by atoms with Gasteiger partial charge in [0.1, 0.15) is 6.07 Å². The van der Waals surface area contributed by atoms with E-state index in [1.807, 2.05) is 6.07 Å². The molecule has 1 fully saturated rings. The standard InChI is InChI=1S/C14H19N3O/c15-9-11-5-4-6-12(13(11)16)17-10-14(18)7-2-1-3-8-14/h4-6,17-18H,1-3,7-8,10,16H2. The van der Waals surface area contributed by atoms with E-state index in [4.69, 9.17) is 11.0 Å². The number of hydrogen-bond donors (Lipinski definition) is 3. The van der Waals surface area contributed by atoms with Gasteiger partial charge in [-0.1, -0.05) is 25.3 Å². The van der Waals surface area contributed by atoms with Crippen LogP contribution < -0.4 is 11.1 Å². The Morgan fingerprint density at radius 1 is 1.33 bits per heavy atom. The average molecular weight is 245 g/mol. The number of nitrogens with zero attached hydrogens (tertiary/aromatic N) is 1. The third-order valence-corrected chi connectivity index (χ3v) is 3.62. The second kappa shape index (κ2) is 5.28. The van der Waals surface area contributed by atoms with Crippen molar-refractivity contribution in [3.8, 4) is 6.07 Å². The van der Waals surface area contributed by atoms with Gasteiger partial charge in [0.05, 0.1) is 22.5 Å². The van der Waals surface area contributed by atoms with Crippen LogP contribution >= 0.6 is 0 Å². The van der Waals surface area contributed by atoms with Crippen LogP contribution in [0, 0.1) is 11.3 Å². The minimum absolute atomic E-state index is 0.458. The molecule has 4 nitrogen and oxygen atoms in total. The Kier molecular flexibility index (Phi) is 3.73. The molecule has 4 N–H and O–H groups in total. The lowest BCUT2D eigenvalue weighted by Crippen LogP contribution is -2.38. The summed E-state index contributed by atoms with van der Waals surface area (Å²) < 4.78 is 0. The van der Waals surface area contributed by atoms with Crippen molar-refractivity contribution in [1.82, 2.24) is 0 Å². The Labute approximate surface area is 107 Å². The van der Waals surface area contributed by atoms with Gasteiger partial charge in [0, 0.05) is 6.54 Å². The number of nitrogens with one attached hydrogen (secondary N) is 1. The summed E-state index contributed by atoms with van der Waals surface area (Å²) in [6.45, 7) is 0.492. The van der Waals surface area contributed by atoms with E-state index in [1.54, 1.807) is 12.1 Å². The van der Waals surface area contributed by atoms with Gasteiger partial charge < -0.3 is 16.2 Å². The molecule has 0 atom stereocenters. The van der Waals surface area contributed by atoms with E-state index in [-0.39, 0.29) is 0 Å². The number of para-hydroxylation sites is 1. The number of nitriles is 1. The smallest absolute Gasteiger partial charge is 0.101 e. The number of hydrogen-bond acceptors (Lipinski definition) is 4. The average Bonchev–Trinajstić information content (AvgIpc) is 2.38. The highest BCUT2D eigenvalue weighted by Gasteiger charge is 2.28. The van der Waals surface area contributed by atoms with Gasteiger partial charge in [0.2, 0.25) is 0 Å². The normalized spacial score (nSPS) is 18.0. The fraction of sp³-hybridized carbons (Fsp3) is 0.500. The topological polar surface area (TPSA) is 82.1 Å². The molecule has 4 heteroatoms. The Morgan fingerprint density at radius 2 is 2.06 bits per heavy atom. The maximum atomic E-state index is 10.4. The van der Waals surface area contributed by atoms with Crippen LogP contribution in [0.4, 0.5) is 11.4 Å². The predicted octanol–water partition coefficient (Wildman–Crippen LogP) is 2.25. The molecule has 1 aromatic rings. The van der Waals surface area contributed by atoms with Crippen molar-refractivity contribution in [2.45, 2.75) is 37.7 Å². The summed E-state index contributed by atoms with van der Waals surface area (Å²) in [7, 11) is 0. The first kappa shape index (κ1) is 12.7. The van der Waals surface area contributed by atoms with Crippen molar-refractivity contribution in [3.63, 3.8) is 0 Å². The van der Waals surface area contributed by atoms with Crippen LogP contribution in [0.5, 0.6) is 0 Å². The summed E-state index contributed by atoms with van der Waals surface area (Å²) in [6.07, 6.45) is 5.02. The van der Waals surface area contributed by atoms with Crippen LogP contribution in [0.25, 0.3) is 0 Å². The fourth-order valence-corrected chi connectivity index (χ4v) is 2.46. The summed E-state index contributed by atoms with van der Waals surface area (Å²) in [4.78, 5) is 0. The number of rotatable bonds is 3. The lowest BCUT2D eigenvalue weighted by atomic mass is 9.85. The van der Waals surface area contributed by atoms with Gasteiger partial charge in [-0.2, -0.15) is 5.26 Å². The zero-order chi connectivity index (χ0) is 13.0. The first-order chi connectivity index (χ1) is 8.64. The first-order valence-electron chi connectivity index (χ1n) is 6.39. The van der Waals surface area contributed by atoms with Crippen LogP contribution in [0.2, 0.25) is 0 Å². The molecule has 1 aliphatic rings.